The van der Waals surface area contributed by atoms with Gasteiger partial charge in [-0.05, 0) is 32.5 Å². The van der Waals surface area contributed by atoms with Gasteiger partial charge >= 0.3 is 6.18 Å². The lowest BCUT2D eigenvalue weighted by Crippen LogP contribution is -2.55. The molecule has 0 aliphatic rings. The number of nitrogens with zero attached hydrogens (tertiary/aromatic N) is 1. The molecule has 7 heteroatoms. The van der Waals surface area contributed by atoms with Crippen LogP contribution in [0.3, 0.4) is 0 Å². The first kappa shape index (κ1) is 16.6. The van der Waals surface area contributed by atoms with Crippen molar-refractivity contribution >= 4 is 5.91 Å². The van der Waals surface area contributed by atoms with Crippen molar-refractivity contribution in [2.75, 3.05) is 13.1 Å². The van der Waals surface area contributed by atoms with E-state index in [1.165, 1.54) is 12.3 Å². The minimum absolute atomic E-state index is 0.208. The maximum absolute atomic E-state index is 12.6. The lowest BCUT2D eigenvalue weighted by atomic mass is 10.0. The molecule has 114 valence electrons. The van der Waals surface area contributed by atoms with Gasteiger partial charge in [0.05, 0.1) is 18.3 Å². The van der Waals surface area contributed by atoms with Crippen LogP contribution < -0.4 is 5.32 Å². The van der Waals surface area contributed by atoms with Crippen molar-refractivity contribution in [2.24, 2.45) is 0 Å². The topological polar surface area (TPSA) is 45.5 Å². The van der Waals surface area contributed by atoms with Gasteiger partial charge in [-0.1, -0.05) is 6.92 Å². The third kappa shape index (κ3) is 4.88. The van der Waals surface area contributed by atoms with Gasteiger partial charge in [0.2, 0.25) is 5.91 Å². The fourth-order valence-electron chi connectivity index (χ4n) is 1.92. The molecule has 1 rings (SSSR count). The molecule has 1 heterocycles. The first-order valence-electron chi connectivity index (χ1n) is 6.29. The van der Waals surface area contributed by atoms with Gasteiger partial charge in [-0.3, -0.25) is 4.79 Å². The van der Waals surface area contributed by atoms with Crippen LogP contribution in [0.2, 0.25) is 0 Å². The van der Waals surface area contributed by atoms with Crippen molar-refractivity contribution in [3.63, 3.8) is 0 Å². The Morgan fingerprint density at radius 2 is 2.05 bits per heavy atom. The van der Waals surface area contributed by atoms with E-state index in [1.54, 1.807) is 26.8 Å². The molecule has 0 unspecified atom stereocenters. The summed E-state index contributed by atoms with van der Waals surface area (Å²) in [6.45, 7) is 3.88. The summed E-state index contributed by atoms with van der Waals surface area (Å²) in [5.74, 6) is -0.303. The van der Waals surface area contributed by atoms with E-state index >= 15 is 0 Å². The molecule has 0 aliphatic carbocycles. The summed E-state index contributed by atoms with van der Waals surface area (Å²) in [5, 5.41) is 2.88. The highest BCUT2D eigenvalue weighted by Crippen LogP contribution is 2.21. The SMILES string of the molecule is CCNC(C)(C)C(=O)N(Cc1ccco1)CC(F)(F)F. The van der Waals surface area contributed by atoms with Gasteiger partial charge in [0, 0.05) is 0 Å². The predicted octanol–water partition coefficient (Wildman–Crippen LogP) is 2.56. The molecular weight excluding hydrogens is 273 g/mol. The Morgan fingerprint density at radius 3 is 2.50 bits per heavy atom. The van der Waals surface area contributed by atoms with Gasteiger partial charge in [0.1, 0.15) is 12.3 Å². The molecule has 20 heavy (non-hydrogen) atoms. The van der Waals surface area contributed by atoms with E-state index in [2.05, 4.69) is 5.32 Å². The van der Waals surface area contributed by atoms with Gasteiger partial charge in [-0.15, -0.1) is 0 Å². The fourth-order valence-corrected chi connectivity index (χ4v) is 1.92. The summed E-state index contributed by atoms with van der Waals surface area (Å²) in [4.78, 5) is 13.0. The number of carbonyl (C=O) groups is 1. The maximum atomic E-state index is 12.6. The summed E-state index contributed by atoms with van der Waals surface area (Å²) < 4.78 is 42.9. The van der Waals surface area contributed by atoms with Gasteiger partial charge in [0.25, 0.3) is 0 Å². The van der Waals surface area contributed by atoms with Crippen LogP contribution in [0.1, 0.15) is 26.5 Å². The molecule has 0 bridgehead atoms. The number of likely N-dealkylation sites (N-methyl/N-ethyl adjacent to an activating group) is 1. The molecule has 0 saturated carbocycles. The van der Waals surface area contributed by atoms with Crippen LogP contribution >= 0.6 is 0 Å². The number of hydrogen-bond acceptors (Lipinski definition) is 3. The average Bonchev–Trinajstić information content (AvgIpc) is 2.78. The van der Waals surface area contributed by atoms with Crippen LogP contribution in [0, 0.1) is 0 Å². The minimum atomic E-state index is -4.45. The summed E-state index contributed by atoms with van der Waals surface area (Å²) in [7, 11) is 0. The highest BCUT2D eigenvalue weighted by atomic mass is 19.4. The van der Waals surface area contributed by atoms with E-state index in [-0.39, 0.29) is 6.54 Å². The number of amides is 1. The number of furan rings is 1. The van der Waals surface area contributed by atoms with E-state index in [0.29, 0.717) is 12.3 Å². The molecular formula is C13H19F3N2O2. The summed E-state index contributed by atoms with van der Waals surface area (Å²) in [6.07, 6.45) is -3.09. The van der Waals surface area contributed by atoms with Gasteiger partial charge < -0.3 is 14.6 Å². The lowest BCUT2D eigenvalue weighted by molar-refractivity contribution is -0.166. The molecule has 0 aliphatic heterocycles. The van der Waals surface area contributed by atoms with E-state index in [0.717, 1.165) is 4.90 Å². The molecule has 0 radical (unpaired) electrons. The number of hydrogen-bond donors (Lipinski definition) is 1. The molecule has 4 nitrogen and oxygen atoms in total. The highest BCUT2D eigenvalue weighted by molar-refractivity contribution is 5.85. The Labute approximate surface area is 115 Å². The smallest absolute Gasteiger partial charge is 0.406 e. The number of carbonyl (C=O) groups excluding carboxylic acids is 1. The zero-order valence-electron chi connectivity index (χ0n) is 11.8. The van der Waals surface area contributed by atoms with Crippen LogP contribution in [0.5, 0.6) is 0 Å². The van der Waals surface area contributed by atoms with Crippen molar-refractivity contribution in [1.82, 2.24) is 10.2 Å². The number of alkyl halides is 3. The monoisotopic (exact) mass is 292 g/mol. The normalized spacial score (nSPS) is 12.5. The molecule has 1 aromatic rings. The van der Waals surface area contributed by atoms with Crippen molar-refractivity contribution in [3.8, 4) is 0 Å². The third-order valence-electron chi connectivity index (χ3n) is 2.74. The van der Waals surface area contributed by atoms with Gasteiger partial charge in [-0.25, -0.2) is 0 Å². The fraction of sp³-hybridized carbons (Fsp3) is 0.615. The Balaban J connectivity index is 2.89. The Morgan fingerprint density at radius 1 is 1.40 bits per heavy atom. The standard InChI is InChI=1S/C13H19F3N2O2/c1-4-17-12(2,3)11(19)18(9-13(14,15)16)8-10-6-5-7-20-10/h5-7,17H,4,8-9H2,1-3H3. The molecule has 0 spiro atoms. The van der Waals surface area contributed by atoms with E-state index in [9.17, 15) is 18.0 Å². The Kier molecular flexibility index (Phi) is 5.21. The minimum Gasteiger partial charge on any atom is -0.467 e. The van der Waals surface area contributed by atoms with E-state index < -0.39 is 24.2 Å². The average molecular weight is 292 g/mol. The predicted molar refractivity (Wildman–Crippen MR) is 67.9 cm³/mol. The van der Waals surface area contributed by atoms with Crippen LogP contribution in [0.15, 0.2) is 22.8 Å². The second-order valence-electron chi connectivity index (χ2n) is 5.01. The molecule has 0 saturated heterocycles. The van der Waals surface area contributed by atoms with Crippen LogP contribution in [0.25, 0.3) is 0 Å². The highest BCUT2D eigenvalue weighted by Gasteiger charge is 2.38. The van der Waals surface area contributed by atoms with Crippen molar-refractivity contribution in [2.45, 2.75) is 39.0 Å². The largest absolute Gasteiger partial charge is 0.467 e. The summed E-state index contributed by atoms with van der Waals surface area (Å²) in [6, 6.07) is 3.11. The Bertz CT molecular complexity index is 427. The van der Waals surface area contributed by atoms with Gasteiger partial charge in [-0.2, -0.15) is 13.2 Å². The van der Waals surface area contributed by atoms with Crippen LogP contribution in [-0.2, 0) is 11.3 Å². The molecule has 1 aromatic heterocycles. The zero-order valence-corrected chi connectivity index (χ0v) is 11.8. The Hall–Kier alpha value is -1.50. The van der Waals surface area contributed by atoms with Crippen LogP contribution in [0.4, 0.5) is 13.2 Å². The van der Waals surface area contributed by atoms with E-state index in [1.807, 2.05) is 0 Å². The third-order valence-corrected chi connectivity index (χ3v) is 2.74. The second kappa shape index (κ2) is 6.30. The van der Waals surface area contributed by atoms with Crippen LogP contribution in [-0.4, -0.2) is 35.6 Å². The number of nitrogens with one attached hydrogen (secondary N) is 1. The summed E-state index contributed by atoms with van der Waals surface area (Å²) >= 11 is 0. The zero-order chi connectivity index (χ0) is 15.4. The van der Waals surface area contributed by atoms with Crippen molar-refractivity contribution in [1.29, 1.82) is 0 Å². The summed E-state index contributed by atoms with van der Waals surface area (Å²) in [5.41, 5.74) is -1.06. The quantitative estimate of drug-likeness (QED) is 0.876. The van der Waals surface area contributed by atoms with Gasteiger partial charge in [0.15, 0.2) is 0 Å². The second-order valence-corrected chi connectivity index (χ2v) is 5.01. The van der Waals surface area contributed by atoms with Crippen molar-refractivity contribution in [3.05, 3.63) is 24.2 Å². The molecule has 1 N–H and O–H groups in total. The van der Waals surface area contributed by atoms with E-state index in [4.69, 9.17) is 4.42 Å². The maximum Gasteiger partial charge on any atom is 0.406 e. The molecule has 1 amide bonds. The lowest BCUT2D eigenvalue weighted by Gasteiger charge is -2.32. The first-order valence-corrected chi connectivity index (χ1v) is 6.29. The number of rotatable bonds is 6. The molecule has 0 fully saturated rings. The number of halogens is 3. The van der Waals surface area contributed by atoms with Crippen molar-refractivity contribution < 1.29 is 22.4 Å². The molecule has 0 aromatic carbocycles. The first-order chi connectivity index (χ1) is 9.15. The molecule has 0 atom stereocenters.